The number of nitrogens with two attached hydrogens (primary N) is 1. The Morgan fingerprint density at radius 1 is 1.21 bits per heavy atom. The molecule has 1 heterocycles. The maximum Gasteiger partial charge on any atom is 0.0357 e. The second-order valence-electron chi connectivity index (χ2n) is 5.15. The Balaban J connectivity index is 2.12. The van der Waals surface area contributed by atoms with Crippen molar-refractivity contribution in [2.75, 3.05) is 19.6 Å². The molecule has 82 valence electrons. The fourth-order valence-electron chi connectivity index (χ4n) is 3.46. The highest BCUT2D eigenvalue weighted by Gasteiger charge is 2.42. The zero-order chi connectivity index (χ0) is 10.0. The van der Waals surface area contributed by atoms with Gasteiger partial charge in [-0.1, -0.05) is 19.8 Å². The van der Waals surface area contributed by atoms with E-state index in [4.69, 9.17) is 5.73 Å². The number of hydrogen-bond acceptors (Lipinski definition) is 2. The molecule has 2 aliphatic rings. The van der Waals surface area contributed by atoms with Crippen molar-refractivity contribution in [3.05, 3.63) is 0 Å². The number of nitrogens with zero attached hydrogens (tertiary/aromatic N) is 1. The largest absolute Gasteiger partial charge is 0.329 e. The molecule has 2 fully saturated rings. The molecule has 0 amide bonds. The van der Waals surface area contributed by atoms with E-state index < -0.39 is 0 Å². The van der Waals surface area contributed by atoms with E-state index in [-0.39, 0.29) is 0 Å². The van der Waals surface area contributed by atoms with Crippen molar-refractivity contribution in [3.63, 3.8) is 0 Å². The second kappa shape index (κ2) is 4.19. The summed E-state index contributed by atoms with van der Waals surface area (Å²) in [5, 5.41) is 0. The Kier molecular flexibility index (Phi) is 3.13. The monoisotopic (exact) mass is 196 g/mol. The zero-order valence-electron chi connectivity index (χ0n) is 9.47. The first kappa shape index (κ1) is 10.4. The zero-order valence-corrected chi connectivity index (χ0v) is 9.47. The maximum atomic E-state index is 6.07. The minimum atomic E-state index is 0.370. The molecule has 0 aromatic heterocycles. The molecule has 14 heavy (non-hydrogen) atoms. The molecular formula is C12H24N2. The predicted molar refractivity (Wildman–Crippen MR) is 60.2 cm³/mol. The van der Waals surface area contributed by atoms with Gasteiger partial charge in [0.25, 0.3) is 0 Å². The van der Waals surface area contributed by atoms with Crippen LogP contribution in [-0.4, -0.2) is 30.1 Å². The Morgan fingerprint density at radius 2 is 1.93 bits per heavy atom. The van der Waals surface area contributed by atoms with Crippen molar-refractivity contribution in [1.29, 1.82) is 0 Å². The lowest BCUT2D eigenvalue weighted by atomic mass is 9.72. The Bertz CT molecular complexity index is 187. The van der Waals surface area contributed by atoms with Gasteiger partial charge < -0.3 is 5.73 Å². The first-order chi connectivity index (χ1) is 6.79. The average Bonchev–Trinajstić information content (AvgIpc) is 2.72. The molecular weight excluding hydrogens is 172 g/mol. The van der Waals surface area contributed by atoms with Gasteiger partial charge in [-0.3, -0.25) is 4.90 Å². The van der Waals surface area contributed by atoms with Gasteiger partial charge in [-0.15, -0.1) is 0 Å². The van der Waals surface area contributed by atoms with Gasteiger partial charge in [-0.25, -0.2) is 0 Å². The smallest absolute Gasteiger partial charge is 0.0357 e. The lowest BCUT2D eigenvalue weighted by Gasteiger charge is -2.48. The minimum absolute atomic E-state index is 0.370. The van der Waals surface area contributed by atoms with E-state index in [0.717, 1.165) is 12.5 Å². The van der Waals surface area contributed by atoms with Gasteiger partial charge >= 0.3 is 0 Å². The third kappa shape index (κ3) is 1.59. The average molecular weight is 196 g/mol. The van der Waals surface area contributed by atoms with Gasteiger partial charge in [-0.05, 0) is 44.7 Å². The molecule has 2 rings (SSSR count). The van der Waals surface area contributed by atoms with E-state index in [2.05, 4.69) is 11.8 Å². The summed E-state index contributed by atoms with van der Waals surface area (Å²) in [5.41, 5.74) is 6.44. The van der Waals surface area contributed by atoms with Gasteiger partial charge in [0.2, 0.25) is 0 Å². The molecule has 1 aliphatic heterocycles. The van der Waals surface area contributed by atoms with Gasteiger partial charge in [0.15, 0.2) is 0 Å². The SMILES string of the molecule is CC1CCCCC1(CN)N1CCCC1. The second-order valence-corrected chi connectivity index (χ2v) is 5.15. The summed E-state index contributed by atoms with van der Waals surface area (Å²) >= 11 is 0. The van der Waals surface area contributed by atoms with Crippen LogP contribution < -0.4 is 5.73 Å². The van der Waals surface area contributed by atoms with Crippen molar-refractivity contribution in [2.24, 2.45) is 11.7 Å². The van der Waals surface area contributed by atoms with E-state index in [9.17, 15) is 0 Å². The van der Waals surface area contributed by atoms with Crippen LogP contribution in [0.2, 0.25) is 0 Å². The van der Waals surface area contributed by atoms with Crippen LogP contribution in [0.1, 0.15) is 45.4 Å². The summed E-state index contributed by atoms with van der Waals surface area (Å²) in [6, 6.07) is 0. The molecule has 2 N–H and O–H groups in total. The maximum absolute atomic E-state index is 6.07. The summed E-state index contributed by atoms with van der Waals surface area (Å²) in [5.74, 6) is 0.805. The molecule has 2 unspecified atom stereocenters. The number of likely N-dealkylation sites (tertiary alicyclic amines) is 1. The summed E-state index contributed by atoms with van der Waals surface area (Å²) in [7, 11) is 0. The van der Waals surface area contributed by atoms with Crippen LogP contribution in [0.15, 0.2) is 0 Å². The Hall–Kier alpha value is -0.0800. The van der Waals surface area contributed by atoms with Gasteiger partial charge in [0.1, 0.15) is 0 Å². The van der Waals surface area contributed by atoms with Crippen LogP contribution in [0.5, 0.6) is 0 Å². The molecule has 2 nitrogen and oxygen atoms in total. The van der Waals surface area contributed by atoms with Gasteiger partial charge in [-0.2, -0.15) is 0 Å². The van der Waals surface area contributed by atoms with Crippen LogP contribution in [0.4, 0.5) is 0 Å². The van der Waals surface area contributed by atoms with Gasteiger partial charge in [0, 0.05) is 12.1 Å². The highest BCUT2D eigenvalue weighted by Crippen LogP contribution is 2.39. The lowest BCUT2D eigenvalue weighted by Crippen LogP contribution is -2.58. The first-order valence-corrected chi connectivity index (χ1v) is 6.25. The van der Waals surface area contributed by atoms with E-state index in [1.807, 2.05) is 0 Å². The Morgan fingerprint density at radius 3 is 2.50 bits per heavy atom. The van der Waals surface area contributed by atoms with Crippen LogP contribution in [-0.2, 0) is 0 Å². The van der Waals surface area contributed by atoms with E-state index >= 15 is 0 Å². The molecule has 2 atom stereocenters. The minimum Gasteiger partial charge on any atom is -0.329 e. The quantitative estimate of drug-likeness (QED) is 0.732. The molecule has 0 aromatic carbocycles. The molecule has 1 saturated heterocycles. The molecule has 0 bridgehead atoms. The van der Waals surface area contributed by atoms with Crippen molar-refractivity contribution >= 4 is 0 Å². The van der Waals surface area contributed by atoms with Crippen molar-refractivity contribution in [3.8, 4) is 0 Å². The fraction of sp³-hybridized carbons (Fsp3) is 1.00. The van der Waals surface area contributed by atoms with E-state index in [1.165, 1.54) is 51.6 Å². The predicted octanol–water partition coefficient (Wildman–Crippen LogP) is 1.99. The molecule has 0 spiro atoms. The van der Waals surface area contributed by atoms with Gasteiger partial charge in [0.05, 0.1) is 0 Å². The topological polar surface area (TPSA) is 29.3 Å². The molecule has 1 aliphatic carbocycles. The highest BCUT2D eigenvalue weighted by molar-refractivity contribution is 4.99. The molecule has 1 saturated carbocycles. The van der Waals surface area contributed by atoms with Crippen LogP contribution >= 0.6 is 0 Å². The summed E-state index contributed by atoms with van der Waals surface area (Å²) in [6.07, 6.45) is 8.29. The van der Waals surface area contributed by atoms with Crippen LogP contribution in [0.25, 0.3) is 0 Å². The van der Waals surface area contributed by atoms with Crippen molar-refractivity contribution < 1.29 is 0 Å². The van der Waals surface area contributed by atoms with Crippen LogP contribution in [0.3, 0.4) is 0 Å². The summed E-state index contributed by atoms with van der Waals surface area (Å²) < 4.78 is 0. The van der Waals surface area contributed by atoms with Crippen molar-refractivity contribution in [2.45, 2.75) is 51.0 Å². The standard InChI is InChI=1S/C12H24N2/c1-11-6-2-3-7-12(11,10-13)14-8-4-5-9-14/h11H,2-10,13H2,1H3. The summed E-state index contributed by atoms with van der Waals surface area (Å²) in [4.78, 5) is 2.69. The number of rotatable bonds is 2. The lowest BCUT2D eigenvalue weighted by molar-refractivity contribution is 0.0320. The third-order valence-corrected chi connectivity index (χ3v) is 4.50. The van der Waals surface area contributed by atoms with Crippen LogP contribution in [0, 0.1) is 5.92 Å². The normalized spacial score (nSPS) is 40.3. The molecule has 0 radical (unpaired) electrons. The first-order valence-electron chi connectivity index (χ1n) is 6.25. The van der Waals surface area contributed by atoms with E-state index in [1.54, 1.807) is 0 Å². The summed E-state index contributed by atoms with van der Waals surface area (Å²) in [6.45, 7) is 5.86. The number of hydrogen-bond donors (Lipinski definition) is 1. The molecule has 2 heteroatoms. The Labute approximate surface area is 87.8 Å². The van der Waals surface area contributed by atoms with E-state index in [0.29, 0.717) is 5.54 Å². The third-order valence-electron chi connectivity index (χ3n) is 4.50. The van der Waals surface area contributed by atoms with Crippen molar-refractivity contribution in [1.82, 2.24) is 4.90 Å². The highest BCUT2D eigenvalue weighted by atomic mass is 15.2. The fourth-order valence-corrected chi connectivity index (χ4v) is 3.46. The molecule has 0 aromatic rings.